The lowest BCUT2D eigenvalue weighted by Crippen LogP contribution is -2.42. The number of aromatic amines is 1. The number of hydrogen-bond acceptors (Lipinski definition) is 5. The van der Waals surface area contributed by atoms with Crippen molar-refractivity contribution in [3.8, 4) is 0 Å². The van der Waals surface area contributed by atoms with Crippen LogP contribution in [-0.4, -0.2) is 42.6 Å². The molecule has 0 saturated carbocycles. The van der Waals surface area contributed by atoms with Crippen LogP contribution in [0.2, 0.25) is 0 Å². The largest absolute Gasteiger partial charge is 0.342 e. The van der Waals surface area contributed by atoms with E-state index in [1.807, 2.05) is 4.68 Å². The lowest BCUT2D eigenvalue weighted by atomic mass is 9.78. The van der Waals surface area contributed by atoms with E-state index in [4.69, 9.17) is 5.10 Å². The maximum atomic E-state index is 12.3. The summed E-state index contributed by atoms with van der Waals surface area (Å²) in [5.41, 5.74) is 1.71. The van der Waals surface area contributed by atoms with Crippen molar-refractivity contribution in [1.82, 2.24) is 29.5 Å². The number of nitrogens with one attached hydrogen (secondary N) is 1. The molecule has 8 heteroatoms. The number of fused-ring (bicyclic) bond motifs is 1. The van der Waals surface area contributed by atoms with E-state index in [9.17, 15) is 4.79 Å². The zero-order valence-corrected chi connectivity index (χ0v) is 15.6. The molecule has 4 rings (SSSR count). The highest BCUT2D eigenvalue weighted by atomic mass is 16.1. The Hall–Kier alpha value is -2.64. The minimum Gasteiger partial charge on any atom is -0.342 e. The molecule has 3 aromatic rings. The molecule has 8 nitrogen and oxygen atoms in total. The fourth-order valence-electron chi connectivity index (χ4n) is 3.68. The molecule has 138 valence electrons. The summed E-state index contributed by atoms with van der Waals surface area (Å²) in [5.74, 6) is 0.629. The van der Waals surface area contributed by atoms with Gasteiger partial charge in [0.25, 0.3) is 5.56 Å². The van der Waals surface area contributed by atoms with Gasteiger partial charge >= 0.3 is 0 Å². The van der Waals surface area contributed by atoms with Crippen molar-refractivity contribution in [3.63, 3.8) is 0 Å². The fraction of sp³-hybridized carbons (Fsp3) is 0.556. The predicted molar refractivity (Wildman–Crippen MR) is 100 cm³/mol. The number of nitrogens with zero attached hydrogens (tertiary/aromatic N) is 6. The molecule has 26 heavy (non-hydrogen) atoms. The van der Waals surface area contributed by atoms with Gasteiger partial charge in [-0.2, -0.15) is 15.2 Å². The summed E-state index contributed by atoms with van der Waals surface area (Å²) in [7, 11) is 1.80. The Labute approximate surface area is 151 Å². The van der Waals surface area contributed by atoms with E-state index in [2.05, 4.69) is 46.1 Å². The van der Waals surface area contributed by atoms with Crippen LogP contribution in [-0.2, 0) is 19.0 Å². The summed E-state index contributed by atoms with van der Waals surface area (Å²) in [6, 6.07) is 2.15. The summed E-state index contributed by atoms with van der Waals surface area (Å²) in [6.45, 7) is 7.07. The van der Waals surface area contributed by atoms with Gasteiger partial charge < -0.3 is 4.90 Å². The molecule has 1 aliphatic heterocycles. The standard InChI is InChI=1S/C18H25N7O/c1-4-8-25-9-5-14(22-25)18(2)6-10-24(11-7-18)17-20-15-13(16(26)21-17)12-19-23(15)3/h5,9,12H,4,6-8,10-11H2,1-3H3,(H,20,21,26). The quantitative estimate of drug-likeness (QED) is 0.772. The summed E-state index contributed by atoms with van der Waals surface area (Å²) < 4.78 is 3.67. The van der Waals surface area contributed by atoms with Gasteiger partial charge in [-0.25, -0.2) is 0 Å². The van der Waals surface area contributed by atoms with Gasteiger partial charge in [-0.3, -0.25) is 19.1 Å². The van der Waals surface area contributed by atoms with Crippen LogP contribution in [0, 0.1) is 0 Å². The van der Waals surface area contributed by atoms with Crippen molar-refractivity contribution in [1.29, 1.82) is 0 Å². The van der Waals surface area contributed by atoms with Crippen LogP contribution in [0.4, 0.5) is 5.95 Å². The van der Waals surface area contributed by atoms with E-state index in [1.165, 1.54) is 0 Å². The molecular formula is C18H25N7O. The van der Waals surface area contributed by atoms with Crippen LogP contribution in [0.25, 0.3) is 11.0 Å². The maximum Gasteiger partial charge on any atom is 0.263 e. The van der Waals surface area contributed by atoms with Gasteiger partial charge in [-0.1, -0.05) is 13.8 Å². The smallest absolute Gasteiger partial charge is 0.263 e. The number of hydrogen-bond donors (Lipinski definition) is 1. The molecular weight excluding hydrogens is 330 g/mol. The van der Waals surface area contributed by atoms with Gasteiger partial charge in [-0.15, -0.1) is 0 Å². The Bertz CT molecular complexity index is 975. The number of aryl methyl sites for hydroxylation is 2. The van der Waals surface area contributed by atoms with Gasteiger partial charge in [0.05, 0.1) is 11.9 Å². The van der Waals surface area contributed by atoms with E-state index in [0.29, 0.717) is 17.0 Å². The summed E-state index contributed by atoms with van der Waals surface area (Å²) >= 11 is 0. The lowest BCUT2D eigenvalue weighted by molar-refractivity contribution is 0.347. The molecule has 0 spiro atoms. The highest BCUT2D eigenvalue weighted by molar-refractivity contribution is 5.74. The molecule has 0 aliphatic carbocycles. The van der Waals surface area contributed by atoms with Crippen molar-refractivity contribution in [2.24, 2.45) is 7.05 Å². The topological polar surface area (TPSA) is 84.6 Å². The zero-order chi connectivity index (χ0) is 18.3. The second-order valence-electron chi connectivity index (χ2n) is 7.41. The number of aromatic nitrogens is 6. The normalized spacial score (nSPS) is 17.1. The first-order valence-electron chi connectivity index (χ1n) is 9.21. The van der Waals surface area contributed by atoms with Gasteiger partial charge in [0.15, 0.2) is 5.65 Å². The molecule has 0 amide bonds. The second kappa shape index (κ2) is 6.26. The van der Waals surface area contributed by atoms with Gasteiger partial charge in [0.1, 0.15) is 5.39 Å². The average Bonchev–Trinajstić information content (AvgIpc) is 3.24. The Morgan fingerprint density at radius 3 is 2.81 bits per heavy atom. The third kappa shape index (κ3) is 2.79. The van der Waals surface area contributed by atoms with E-state index in [0.717, 1.165) is 44.6 Å². The van der Waals surface area contributed by atoms with Crippen LogP contribution < -0.4 is 10.5 Å². The van der Waals surface area contributed by atoms with Crippen molar-refractivity contribution >= 4 is 17.0 Å². The van der Waals surface area contributed by atoms with Crippen molar-refractivity contribution in [3.05, 3.63) is 34.5 Å². The Balaban J connectivity index is 1.54. The average molecular weight is 355 g/mol. The minimum absolute atomic E-state index is 0.0619. The minimum atomic E-state index is -0.134. The predicted octanol–water partition coefficient (Wildman–Crippen LogP) is 1.82. The summed E-state index contributed by atoms with van der Waals surface area (Å²) in [5, 5.41) is 9.42. The Morgan fingerprint density at radius 1 is 1.31 bits per heavy atom. The third-order valence-electron chi connectivity index (χ3n) is 5.47. The first-order valence-corrected chi connectivity index (χ1v) is 9.21. The van der Waals surface area contributed by atoms with Crippen LogP contribution in [0.5, 0.6) is 0 Å². The maximum absolute atomic E-state index is 12.3. The molecule has 0 aromatic carbocycles. The van der Waals surface area contributed by atoms with Gasteiger partial charge in [0.2, 0.25) is 5.95 Å². The third-order valence-corrected chi connectivity index (χ3v) is 5.47. The lowest BCUT2D eigenvalue weighted by Gasteiger charge is -2.38. The van der Waals surface area contributed by atoms with Crippen molar-refractivity contribution in [2.75, 3.05) is 18.0 Å². The monoisotopic (exact) mass is 355 g/mol. The van der Waals surface area contributed by atoms with Crippen molar-refractivity contribution in [2.45, 2.75) is 45.1 Å². The second-order valence-corrected chi connectivity index (χ2v) is 7.41. The first-order chi connectivity index (χ1) is 12.5. The van der Waals surface area contributed by atoms with Crippen LogP contribution >= 0.6 is 0 Å². The molecule has 1 fully saturated rings. The zero-order valence-electron chi connectivity index (χ0n) is 15.6. The molecule has 3 aromatic heterocycles. The van der Waals surface area contributed by atoms with E-state index < -0.39 is 0 Å². The van der Waals surface area contributed by atoms with E-state index in [1.54, 1.807) is 17.9 Å². The van der Waals surface area contributed by atoms with Crippen LogP contribution in [0.1, 0.15) is 38.8 Å². The highest BCUT2D eigenvalue weighted by Crippen LogP contribution is 2.34. The fourth-order valence-corrected chi connectivity index (χ4v) is 3.68. The van der Waals surface area contributed by atoms with Crippen LogP contribution in [0.3, 0.4) is 0 Å². The number of rotatable bonds is 4. The highest BCUT2D eigenvalue weighted by Gasteiger charge is 2.34. The van der Waals surface area contributed by atoms with E-state index >= 15 is 0 Å². The molecule has 4 heterocycles. The number of piperidine rings is 1. The Kier molecular flexibility index (Phi) is 4.05. The first kappa shape index (κ1) is 16.8. The van der Waals surface area contributed by atoms with E-state index in [-0.39, 0.29) is 11.0 Å². The van der Waals surface area contributed by atoms with Gasteiger partial charge in [0, 0.05) is 38.3 Å². The SMILES string of the molecule is CCCn1ccc(C2(C)CCN(c3nc4c(cnn4C)c(=O)[nH]3)CC2)n1. The Morgan fingerprint density at radius 2 is 2.08 bits per heavy atom. The molecule has 0 bridgehead atoms. The molecule has 0 radical (unpaired) electrons. The molecule has 0 atom stereocenters. The van der Waals surface area contributed by atoms with Crippen molar-refractivity contribution < 1.29 is 0 Å². The molecule has 1 saturated heterocycles. The molecule has 0 unspecified atom stereocenters. The summed E-state index contributed by atoms with van der Waals surface area (Å²) in [4.78, 5) is 22.0. The number of anilines is 1. The molecule has 1 N–H and O–H groups in total. The van der Waals surface area contributed by atoms with Gasteiger partial charge in [-0.05, 0) is 25.3 Å². The number of H-pyrrole nitrogens is 1. The molecule has 1 aliphatic rings. The van der Waals surface area contributed by atoms with Crippen LogP contribution in [0.15, 0.2) is 23.3 Å². The summed E-state index contributed by atoms with van der Waals surface area (Å²) in [6.07, 6.45) is 6.67.